The number of aromatic amines is 1. The first kappa shape index (κ1) is 14.5. The smallest absolute Gasteiger partial charge is 0.275 e. The van der Waals surface area contributed by atoms with Crippen molar-refractivity contribution in [3.63, 3.8) is 0 Å². The maximum Gasteiger partial charge on any atom is 0.330 e. The third-order valence-electron chi connectivity index (χ3n) is 3.50. The minimum atomic E-state index is -0.451. The average Bonchev–Trinajstić information content (AvgIpc) is 2.47. The summed E-state index contributed by atoms with van der Waals surface area (Å²) < 4.78 is 1.48. The molecule has 1 N–H and O–H groups in total. The molecule has 0 spiro atoms. The number of pyridine rings is 1. The number of rotatable bonds is 2. The molecule has 2 aromatic heterocycles. The van der Waals surface area contributed by atoms with Crippen molar-refractivity contribution in [3.05, 3.63) is 62.4 Å². The van der Waals surface area contributed by atoms with Crippen molar-refractivity contribution in [1.82, 2.24) is 14.5 Å². The number of aromatic nitrogens is 3. The summed E-state index contributed by atoms with van der Waals surface area (Å²) in [6, 6.07) is 8.84. The summed E-state index contributed by atoms with van der Waals surface area (Å²) in [7, 11) is 0. The highest BCUT2D eigenvalue weighted by Gasteiger charge is 2.15. The molecule has 3 aromatic rings. The van der Waals surface area contributed by atoms with Crippen LogP contribution >= 0.6 is 11.6 Å². The zero-order chi connectivity index (χ0) is 15.9. The Balaban J connectivity index is 2.43. The lowest BCUT2D eigenvalue weighted by Gasteiger charge is -2.13. The van der Waals surface area contributed by atoms with Gasteiger partial charge in [0.15, 0.2) is 0 Å². The van der Waals surface area contributed by atoms with E-state index in [0.29, 0.717) is 16.1 Å². The molecule has 0 radical (unpaired) electrons. The minimum absolute atomic E-state index is 0.111. The molecule has 3 rings (SSSR count). The maximum absolute atomic E-state index is 12.3. The van der Waals surface area contributed by atoms with Crippen LogP contribution in [0.4, 0.5) is 0 Å². The van der Waals surface area contributed by atoms with Gasteiger partial charge in [-0.1, -0.05) is 23.7 Å². The van der Waals surface area contributed by atoms with Gasteiger partial charge in [-0.15, -0.1) is 0 Å². The van der Waals surface area contributed by atoms with Crippen LogP contribution in [0, 0.1) is 0 Å². The van der Waals surface area contributed by atoms with Crippen molar-refractivity contribution < 1.29 is 0 Å². The van der Waals surface area contributed by atoms with Crippen molar-refractivity contribution in [2.24, 2.45) is 0 Å². The summed E-state index contributed by atoms with van der Waals surface area (Å²) in [6.45, 7) is 3.74. The van der Waals surface area contributed by atoms with Gasteiger partial charge >= 0.3 is 5.69 Å². The predicted octanol–water partition coefficient (Wildman–Crippen LogP) is 2.99. The van der Waals surface area contributed by atoms with Gasteiger partial charge in [-0.2, -0.15) is 0 Å². The maximum atomic E-state index is 12.3. The molecule has 2 heterocycles. The summed E-state index contributed by atoms with van der Waals surface area (Å²) >= 11 is 5.91. The third-order valence-corrected chi connectivity index (χ3v) is 3.75. The lowest BCUT2D eigenvalue weighted by Crippen LogP contribution is -2.32. The molecule has 0 unspecified atom stereocenters. The highest BCUT2D eigenvalue weighted by Crippen LogP contribution is 2.26. The summed E-state index contributed by atoms with van der Waals surface area (Å²) in [5.74, 6) is 0. The van der Waals surface area contributed by atoms with E-state index in [0.717, 1.165) is 11.1 Å². The van der Waals surface area contributed by atoms with Crippen LogP contribution in [0.2, 0.25) is 5.02 Å². The first-order chi connectivity index (χ1) is 10.5. The Kier molecular flexibility index (Phi) is 3.58. The van der Waals surface area contributed by atoms with Crippen LogP contribution in [-0.4, -0.2) is 14.5 Å². The van der Waals surface area contributed by atoms with Crippen molar-refractivity contribution in [3.8, 4) is 11.1 Å². The largest absolute Gasteiger partial charge is 0.330 e. The van der Waals surface area contributed by atoms with Crippen LogP contribution in [0.25, 0.3) is 22.2 Å². The first-order valence-electron chi connectivity index (χ1n) is 6.88. The van der Waals surface area contributed by atoms with Crippen molar-refractivity contribution in [2.75, 3.05) is 0 Å². The molecule has 0 saturated carbocycles. The number of H-pyrrole nitrogens is 1. The van der Waals surface area contributed by atoms with Crippen LogP contribution in [0.15, 0.2) is 46.1 Å². The summed E-state index contributed by atoms with van der Waals surface area (Å²) in [5, 5.41) is 1.02. The van der Waals surface area contributed by atoms with E-state index in [-0.39, 0.29) is 6.04 Å². The second-order valence-corrected chi connectivity index (χ2v) is 5.72. The number of halogens is 1. The average molecular weight is 316 g/mol. The van der Waals surface area contributed by atoms with Gasteiger partial charge in [-0.25, -0.2) is 9.78 Å². The fourth-order valence-corrected chi connectivity index (χ4v) is 2.65. The van der Waals surface area contributed by atoms with Crippen molar-refractivity contribution >= 4 is 22.6 Å². The predicted molar refractivity (Wildman–Crippen MR) is 87.5 cm³/mol. The molecule has 0 fully saturated rings. The highest BCUT2D eigenvalue weighted by molar-refractivity contribution is 6.30. The third kappa shape index (κ3) is 2.33. The SMILES string of the molecule is CC(C)n1c(=O)[nH]c(=O)c2c(-c3ccc(Cl)cc3)ccnc21. The van der Waals surface area contributed by atoms with E-state index in [4.69, 9.17) is 11.6 Å². The lowest BCUT2D eigenvalue weighted by molar-refractivity contribution is 0.579. The lowest BCUT2D eigenvalue weighted by atomic mass is 10.0. The zero-order valence-electron chi connectivity index (χ0n) is 12.1. The number of hydrogen-bond acceptors (Lipinski definition) is 3. The normalized spacial score (nSPS) is 11.3. The van der Waals surface area contributed by atoms with E-state index in [1.807, 2.05) is 26.0 Å². The number of benzene rings is 1. The Bertz CT molecular complexity index is 956. The fraction of sp³-hybridized carbons (Fsp3) is 0.188. The molecule has 0 aliphatic heterocycles. The van der Waals surface area contributed by atoms with Crippen LogP contribution in [0.5, 0.6) is 0 Å². The summed E-state index contributed by atoms with van der Waals surface area (Å²) in [6.07, 6.45) is 1.60. The van der Waals surface area contributed by atoms with E-state index in [1.54, 1.807) is 24.4 Å². The van der Waals surface area contributed by atoms with E-state index < -0.39 is 11.2 Å². The molecule has 6 heteroatoms. The minimum Gasteiger partial charge on any atom is -0.275 e. The number of nitrogens with one attached hydrogen (secondary N) is 1. The van der Waals surface area contributed by atoms with Gasteiger partial charge in [0.2, 0.25) is 0 Å². The van der Waals surface area contributed by atoms with Gasteiger partial charge < -0.3 is 0 Å². The Labute approximate surface area is 131 Å². The van der Waals surface area contributed by atoms with Crippen molar-refractivity contribution in [1.29, 1.82) is 0 Å². The molecule has 0 aliphatic carbocycles. The van der Waals surface area contributed by atoms with Gasteiger partial charge in [-0.3, -0.25) is 14.3 Å². The van der Waals surface area contributed by atoms with Gasteiger partial charge in [0.1, 0.15) is 5.65 Å². The standard InChI is InChI=1S/C16H14ClN3O2/c1-9(2)20-14-13(15(21)19-16(20)22)12(7-8-18-14)10-3-5-11(17)6-4-10/h3-9H,1-2H3,(H,19,21,22). The van der Waals surface area contributed by atoms with E-state index in [2.05, 4.69) is 9.97 Å². The molecule has 1 aromatic carbocycles. The summed E-state index contributed by atoms with van der Waals surface area (Å²) in [4.78, 5) is 31.0. The van der Waals surface area contributed by atoms with E-state index >= 15 is 0 Å². The molecule has 0 bridgehead atoms. The van der Waals surface area contributed by atoms with Crippen LogP contribution in [-0.2, 0) is 0 Å². The Morgan fingerprint density at radius 3 is 2.45 bits per heavy atom. The second-order valence-electron chi connectivity index (χ2n) is 5.29. The van der Waals surface area contributed by atoms with Crippen LogP contribution in [0.1, 0.15) is 19.9 Å². The summed E-state index contributed by atoms with van der Waals surface area (Å²) in [5.41, 5.74) is 1.06. The van der Waals surface area contributed by atoms with Gasteiger partial charge in [-0.05, 0) is 43.2 Å². The van der Waals surface area contributed by atoms with Crippen molar-refractivity contribution in [2.45, 2.75) is 19.9 Å². The molecular formula is C16H14ClN3O2. The molecule has 0 atom stereocenters. The topological polar surface area (TPSA) is 67.8 Å². The molecule has 0 amide bonds. The molecule has 22 heavy (non-hydrogen) atoms. The Hall–Kier alpha value is -2.40. The monoisotopic (exact) mass is 315 g/mol. The van der Waals surface area contributed by atoms with Gasteiger partial charge in [0.25, 0.3) is 5.56 Å². The second kappa shape index (κ2) is 5.42. The zero-order valence-corrected chi connectivity index (χ0v) is 12.9. The van der Waals surface area contributed by atoms with E-state index in [9.17, 15) is 9.59 Å². The van der Waals surface area contributed by atoms with Crippen LogP contribution < -0.4 is 11.2 Å². The van der Waals surface area contributed by atoms with Gasteiger partial charge in [0.05, 0.1) is 5.39 Å². The van der Waals surface area contributed by atoms with Crippen LogP contribution in [0.3, 0.4) is 0 Å². The Morgan fingerprint density at radius 1 is 1.14 bits per heavy atom. The molecule has 0 aliphatic rings. The fourth-order valence-electron chi connectivity index (χ4n) is 2.52. The molecule has 5 nitrogen and oxygen atoms in total. The van der Waals surface area contributed by atoms with Gasteiger partial charge in [0, 0.05) is 17.3 Å². The Morgan fingerprint density at radius 2 is 1.82 bits per heavy atom. The molecular weight excluding hydrogens is 302 g/mol. The highest BCUT2D eigenvalue weighted by atomic mass is 35.5. The first-order valence-corrected chi connectivity index (χ1v) is 7.26. The molecule has 112 valence electrons. The molecule has 0 saturated heterocycles. The number of hydrogen-bond donors (Lipinski definition) is 1. The number of fused-ring (bicyclic) bond motifs is 1. The van der Waals surface area contributed by atoms with E-state index in [1.165, 1.54) is 4.57 Å². The quantitative estimate of drug-likeness (QED) is 0.790. The number of nitrogens with zero attached hydrogens (tertiary/aromatic N) is 2.